The van der Waals surface area contributed by atoms with Gasteiger partial charge in [0.15, 0.2) is 0 Å². The van der Waals surface area contributed by atoms with Crippen LogP contribution in [-0.2, 0) is 0 Å². The predicted molar refractivity (Wildman–Crippen MR) is 75.3 cm³/mol. The number of benzene rings is 1. The Balaban J connectivity index is 1.89. The zero-order chi connectivity index (χ0) is 11.8. The van der Waals surface area contributed by atoms with Crippen LogP contribution >= 0.6 is 38.9 Å². The average molecular weight is 331 g/mol. The summed E-state index contributed by atoms with van der Waals surface area (Å²) in [5.41, 5.74) is 1.01. The van der Waals surface area contributed by atoms with Crippen LogP contribution in [0.2, 0.25) is 4.34 Å². The van der Waals surface area contributed by atoms with Gasteiger partial charge in [0.2, 0.25) is 0 Å². The van der Waals surface area contributed by atoms with Crippen LogP contribution in [0, 0.1) is 0 Å². The van der Waals surface area contributed by atoms with Gasteiger partial charge in [-0.1, -0.05) is 27.5 Å². The number of hydrogen-bond acceptors (Lipinski definition) is 3. The van der Waals surface area contributed by atoms with Gasteiger partial charge in [0.25, 0.3) is 0 Å². The van der Waals surface area contributed by atoms with E-state index in [1.807, 2.05) is 30.3 Å². The Morgan fingerprint density at radius 2 is 2.24 bits per heavy atom. The summed E-state index contributed by atoms with van der Waals surface area (Å²) in [4.78, 5) is 1.20. The Labute approximate surface area is 117 Å². The lowest BCUT2D eigenvalue weighted by atomic mass is 10.2. The maximum absolute atomic E-state index is 5.95. The molecule has 1 atom stereocenters. The minimum atomic E-state index is 0.175. The number of nitrogens with one attached hydrogen (secondary N) is 1. The smallest absolute Gasteiger partial charge is 0.142 e. The molecule has 0 aliphatic carbocycles. The molecule has 5 heteroatoms. The van der Waals surface area contributed by atoms with Crippen molar-refractivity contribution in [2.75, 3.05) is 11.9 Å². The van der Waals surface area contributed by atoms with Gasteiger partial charge in [0, 0.05) is 9.35 Å². The fraction of sp³-hybridized carbons (Fsp3) is 0.167. The molecular weight excluding hydrogens is 322 g/mol. The average Bonchev–Trinajstić information content (AvgIpc) is 2.75. The first kappa shape index (κ1) is 11.4. The van der Waals surface area contributed by atoms with Gasteiger partial charge >= 0.3 is 0 Å². The van der Waals surface area contributed by atoms with E-state index < -0.39 is 0 Å². The summed E-state index contributed by atoms with van der Waals surface area (Å²) in [6, 6.07) is 10.1. The van der Waals surface area contributed by atoms with E-state index in [0.29, 0.717) is 6.61 Å². The fourth-order valence-corrected chi connectivity index (χ4v) is 3.27. The van der Waals surface area contributed by atoms with Crippen LogP contribution in [-0.4, -0.2) is 6.61 Å². The van der Waals surface area contributed by atoms with Gasteiger partial charge < -0.3 is 10.1 Å². The Kier molecular flexibility index (Phi) is 3.03. The van der Waals surface area contributed by atoms with E-state index in [-0.39, 0.29) is 6.04 Å². The van der Waals surface area contributed by atoms with Gasteiger partial charge in [-0.2, -0.15) is 0 Å². The van der Waals surface area contributed by atoms with Gasteiger partial charge in [0.1, 0.15) is 12.4 Å². The predicted octanol–water partition coefficient (Wildman–Crippen LogP) is 4.71. The van der Waals surface area contributed by atoms with Crippen LogP contribution in [0.4, 0.5) is 5.69 Å². The van der Waals surface area contributed by atoms with Crippen molar-refractivity contribution in [3.05, 3.63) is 44.0 Å². The van der Waals surface area contributed by atoms with Crippen LogP contribution < -0.4 is 10.1 Å². The molecule has 2 heterocycles. The maximum atomic E-state index is 5.95. The molecule has 0 spiro atoms. The van der Waals surface area contributed by atoms with E-state index in [1.54, 1.807) is 11.3 Å². The summed E-state index contributed by atoms with van der Waals surface area (Å²) in [5, 5.41) is 3.46. The lowest BCUT2D eigenvalue weighted by molar-refractivity contribution is 0.288. The highest BCUT2D eigenvalue weighted by molar-refractivity contribution is 9.10. The lowest BCUT2D eigenvalue weighted by Gasteiger charge is -2.26. The molecule has 1 unspecified atom stereocenters. The van der Waals surface area contributed by atoms with Crippen molar-refractivity contribution in [1.29, 1.82) is 0 Å². The SMILES string of the molecule is Clc1ccc(C2COc3ccc(Br)cc3N2)s1. The molecule has 0 radical (unpaired) electrons. The summed E-state index contributed by atoms with van der Waals surface area (Å²) in [6.45, 7) is 0.630. The van der Waals surface area contributed by atoms with Crippen LogP contribution in [0.25, 0.3) is 0 Å². The van der Waals surface area contributed by atoms with Gasteiger partial charge in [0.05, 0.1) is 16.1 Å². The molecule has 3 rings (SSSR count). The molecule has 1 aromatic carbocycles. The van der Waals surface area contributed by atoms with Crippen LogP contribution in [0.15, 0.2) is 34.8 Å². The molecule has 0 bridgehead atoms. The number of fused-ring (bicyclic) bond motifs is 1. The molecule has 17 heavy (non-hydrogen) atoms. The number of thiophene rings is 1. The Morgan fingerprint density at radius 3 is 3.00 bits per heavy atom. The standard InChI is InChI=1S/C12H9BrClNOS/c13-7-1-2-10-8(5-7)15-9(6-16-10)11-3-4-12(14)17-11/h1-5,9,15H,6H2. The number of anilines is 1. The highest BCUT2D eigenvalue weighted by Gasteiger charge is 2.21. The third-order valence-corrected chi connectivity index (χ3v) is 4.45. The summed E-state index contributed by atoms with van der Waals surface area (Å²) < 4.78 is 7.58. The quantitative estimate of drug-likeness (QED) is 0.817. The van der Waals surface area contributed by atoms with Crippen molar-refractivity contribution in [2.24, 2.45) is 0 Å². The molecule has 1 aliphatic heterocycles. The number of halogens is 2. The number of ether oxygens (including phenoxy) is 1. The van der Waals surface area contributed by atoms with Crippen LogP contribution in [0.1, 0.15) is 10.9 Å². The van der Waals surface area contributed by atoms with Gasteiger partial charge in [-0.05, 0) is 30.3 Å². The summed E-state index contributed by atoms with van der Waals surface area (Å²) in [7, 11) is 0. The van der Waals surface area contributed by atoms with Crippen LogP contribution in [0.3, 0.4) is 0 Å². The second kappa shape index (κ2) is 4.52. The minimum absolute atomic E-state index is 0.175. The minimum Gasteiger partial charge on any atom is -0.489 e. The largest absolute Gasteiger partial charge is 0.489 e. The molecule has 1 aromatic heterocycles. The zero-order valence-corrected chi connectivity index (χ0v) is 11.9. The fourth-order valence-electron chi connectivity index (χ4n) is 1.81. The van der Waals surface area contributed by atoms with Crippen molar-refractivity contribution in [3.8, 4) is 5.75 Å². The second-order valence-electron chi connectivity index (χ2n) is 3.79. The van der Waals surface area contributed by atoms with Crippen molar-refractivity contribution < 1.29 is 4.74 Å². The molecule has 2 nitrogen and oxygen atoms in total. The van der Waals surface area contributed by atoms with E-state index in [9.17, 15) is 0 Å². The molecule has 88 valence electrons. The van der Waals surface area contributed by atoms with E-state index in [1.165, 1.54) is 4.88 Å². The maximum Gasteiger partial charge on any atom is 0.142 e. The monoisotopic (exact) mass is 329 g/mol. The van der Waals surface area contributed by atoms with Crippen molar-refractivity contribution in [3.63, 3.8) is 0 Å². The molecule has 0 amide bonds. The molecule has 0 saturated heterocycles. The Hall–Kier alpha value is -0.710. The molecular formula is C12H9BrClNOS. The first-order chi connectivity index (χ1) is 8.22. The summed E-state index contributed by atoms with van der Waals surface area (Å²) in [5.74, 6) is 0.895. The highest BCUT2D eigenvalue weighted by atomic mass is 79.9. The normalized spacial score (nSPS) is 18.1. The van der Waals surface area contributed by atoms with E-state index in [2.05, 4.69) is 21.2 Å². The van der Waals surface area contributed by atoms with Crippen molar-refractivity contribution in [1.82, 2.24) is 0 Å². The first-order valence-electron chi connectivity index (χ1n) is 5.16. The zero-order valence-electron chi connectivity index (χ0n) is 8.74. The second-order valence-corrected chi connectivity index (χ2v) is 6.45. The van der Waals surface area contributed by atoms with E-state index in [4.69, 9.17) is 16.3 Å². The third-order valence-electron chi connectivity index (χ3n) is 2.61. The van der Waals surface area contributed by atoms with E-state index in [0.717, 1.165) is 20.2 Å². The van der Waals surface area contributed by atoms with Crippen molar-refractivity contribution in [2.45, 2.75) is 6.04 Å². The number of hydrogen-bond donors (Lipinski definition) is 1. The summed E-state index contributed by atoms with van der Waals surface area (Å²) in [6.07, 6.45) is 0. The van der Waals surface area contributed by atoms with E-state index >= 15 is 0 Å². The first-order valence-corrected chi connectivity index (χ1v) is 7.15. The summed E-state index contributed by atoms with van der Waals surface area (Å²) >= 11 is 11.0. The molecule has 0 fully saturated rings. The lowest BCUT2D eigenvalue weighted by Crippen LogP contribution is -2.23. The molecule has 1 N–H and O–H groups in total. The third kappa shape index (κ3) is 2.30. The highest BCUT2D eigenvalue weighted by Crippen LogP contribution is 2.37. The van der Waals surface area contributed by atoms with Gasteiger partial charge in [-0.3, -0.25) is 0 Å². The topological polar surface area (TPSA) is 21.3 Å². The molecule has 2 aromatic rings. The Morgan fingerprint density at radius 1 is 1.35 bits per heavy atom. The van der Waals surface area contributed by atoms with Crippen molar-refractivity contribution >= 4 is 44.6 Å². The Bertz CT molecular complexity index is 557. The molecule has 1 aliphatic rings. The molecule has 0 saturated carbocycles. The van der Waals surface area contributed by atoms with Gasteiger partial charge in [-0.25, -0.2) is 0 Å². The van der Waals surface area contributed by atoms with Gasteiger partial charge in [-0.15, -0.1) is 11.3 Å². The number of rotatable bonds is 1. The van der Waals surface area contributed by atoms with Crippen LogP contribution in [0.5, 0.6) is 5.75 Å².